The highest BCUT2D eigenvalue weighted by Gasteiger charge is 2.51. The average Bonchev–Trinajstić information content (AvgIpc) is 2.35. The molecule has 1 atom stereocenters. The van der Waals surface area contributed by atoms with Crippen LogP contribution in [0.1, 0.15) is 46.0 Å². The fraction of sp³-hybridized carbons (Fsp3) is 0.875. The average molecular weight is 261 g/mol. The molecular weight excluding hydrogens is 238 g/mol. The van der Waals surface area contributed by atoms with Crippen molar-refractivity contribution in [1.82, 2.24) is 0 Å². The molecule has 104 valence electrons. The molecule has 1 unspecified atom stereocenters. The van der Waals surface area contributed by atoms with Crippen LogP contribution in [0, 0.1) is 46.8 Å². The van der Waals surface area contributed by atoms with Crippen molar-refractivity contribution in [3.05, 3.63) is 0 Å². The maximum atomic E-state index is 11.8. The van der Waals surface area contributed by atoms with E-state index in [-0.39, 0.29) is 11.9 Å². The van der Waals surface area contributed by atoms with Gasteiger partial charge in [0, 0.05) is 5.92 Å². The largest absolute Gasteiger partial charge is 0.446 e. The minimum absolute atomic E-state index is 0.146. The van der Waals surface area contributed by atoms with Crippen molar-refractivity contribution in [2.75, 3.05) is 0 Å². The molecule has 0 saturated heterocycles. The van der Waals surface area contributed by atoms with Crippen molar-refractivity contribution in [3.63, 3.8) is 0 Å². The lowest BCUT2D eigenvalue weighted by Gasteiger charge is -2.55. The first-order valence-corrected chi connectivity index (χ1v) is 7.68. The van der Waals surface area contributed by atoms with E-state index in [4.69, 9.17) is 4.74 Å². The van der Waals surface area contributed by atoms with E-state index in [0.29, 0.717) is 17.8 Å². The molecule has 0 aromatic rings. The molecule has 4 aliphatic carbocycles. The van der Waals surface area contributed by atoms with E-state index in [2.05, 4.69) is 6.07 Å². The van der Waals surface area contributed by atoms with Crippen LogP contribution in [0.3, 0.4) is 0 Å². The molecule has 0 amide bonds. The molecule has 0 aromatic carbocycles. The first-order valence-electron chi connectivity index (χ1n) is 7.68. The summed E-state index contributed by atoms with van der Waals surface area (Å²) in [6.45, 7) is 3.65. The number of carbonyl (C=O) groups is 1. The Bertz CT molecular complexity index is 381. The van der Waals surface area contributed by atoms with E-state index in [9.17, 15) is 10.1 Å². The summed E-state index contributed by atoms with van der Waals surface area (Å²) in [5.74, 6) is 2.97. The molecule has 0 N–H and O–H groups in total. The van der Waals surface area contributed by atoms with Crippen molar-refractivity contribution < 1.29 is 9.53 Å². The summed E-state index contributed by atoms with van der Waals surface area (Å²) < 4.78 is 5.49. The van der Waals surface area contributed by atoms with Crippen molar-refractivity contribution in [3.8, 4) is 6.07 Å². The molecule has 0 aliphatic heterocycles. The van der Waals surface area contributed by atoms with E-state index in [0.717, 1.165) is 11.8 Å². The third-order valence-electron chi connectivity index (χ3n) is 5.49. The SMILES string of the molecule is CC(C)C(=O)OC(C#N)C1C2CC3CC(C2)CC1C3. The zero-order chi connectivity index (χ0) is 13.6. The van der Waals surface area contributed by atoms with Gasteiger partial charge in [0.1, 0.15) is 6.07 Å². The standard InChI is InChI=1S/C16H23NO2/c1-9(2)16(18)19-14(8-17)15-12-4-10-3-11(6-12)7-13(15)5-10/h9-15H,3-7H2,1-2H3. The Morgan fingerprint density at radius 1 is 1.11 bits per heavy atom. The van der Waals surface area contributed by atoms with Gasteiger partial charge in [-0.15, -0.1) is 0 Å². The Hall–Kier alpha value is -1.04. The summed E-state index contributed by atoms with van der Waals surface area (Å²) in [5.41, 5.74) is 0. The van der Waals surface area contributed by atoms with Crippen LogP contribution in [0.4, 0.5) is 0 Å². The number of hydrogen-bond donors (Lipinski definition) is 0. The van der Waals surface area contributed by atoms with E-state index in [1.165, 1.54) is 32.1 Å². The van der Waals surface area contributed by atoms with Crippen molar-refractivity contribution in [2.45, 2.75) is 52.1 Å². The van der Waals surface area contributed by atoms with E-state index < -0.39 is 6.10 Å². The van der Waals surface area contributed by atoms with Gasteiger partial charge in [-0.3, -0.25) is 4.79 Å². The number of hydrogen-bond acceptors (Lipinski definition) is 3. The van der Waals surface area contributed by atoms with E-state index in [1.54, 1.807) is 0 Å². The lowest BCUT2D eigenvalue weighted by atomic mass is 9.51. The Labute approximate surface area is 115 Å². The van der Waals surface area contributed by atoms with E-state index >= 15 is 0 Å². The maximum absolute atomic E-state index is 11.8. The molecule has 19 heavy (non-hydrogen) atoms. The highest BCUT2D eigenvalue weighted by molar-refractivity contribution is 5.71. The van der Waals surface area contributed by atoms with Crippen LogP contribution < -0.4 is 0 Å². The highest BCUT2D eigenvalue weighted by Crippen LogP contribution is 2.57. The number of nitrogens with zero attached hydrogens (tertiary/aromatic N) is 1. The fourth-order valence-corrected chi connectivity index (χ4v) is 4.91. The Morgan fingerprint density at radius 2 is 1.63 bits per heavy atom. The second-order valence-electron chi connectivity index (χ2n) is 7.15. The third-order valence-corrected chi connectivity index (χ3v) is 5.49. The van der Waals surface area contributed by atoms with Gasteiger partial charge in [0.2, 0.25) is 0 Å². The topological polar surface area (TPSA) is 50.1 Å². The smallest absolute Gasteiger partial charge is 0.309 e. The Morgan fingerprint density at radius 3 is 2.05 bits per heavy atom. The Balaban J connectivity index is 1.73. The summed E-state index contributed by atoms with van der Waals surface area (Å²) >= 11 is 0. The minimum Gasteiger partial charge on any atom is -0.446 e. The van der Waals surface area contributed by atoms with Crippen LogP contribution >= 0.6 is 0 Å². The monoisotopic (exact) mass is 261 g/mol. The van der Waals surface area contributed by atoms with Crippen LogP contribution in [0.15, 0.2) is 0 Å². The van der Waals surface area contributed by atoms with Gasteiger partial charge in [-0.2, -0.15) is 5.26 Å². The van der Waals surface area contributed by atoms with Gasteiger partial charge in [0.25, 0.3) is 0 Å². The lowest BCUT2D eigenvalue weighted by Crippen LogP contribution is -2.50. The van der Waals surface area contributed by atoms with Crippen LogP contribution in [-0.4, -0.2) is 12.1 Å². The minimum atomic E-state index is -0.509. The fourth-order valence-electron chi connectivity index (χ4n) is 4.91. The van der Waals surface area contributed by atoms with Gasteiger partial charge in [0.05, 0.1) is 5.92 Å². The molecule has 4 rings (SSSR count). The van der Waals surface area contributed by atoms with E-state index in [1.807, 2.05) is 13.8 Å². The van der Waals surface area contributed by atoms with Gasteiger partial charge in [0.15, 0.2) is 6.10 Å². The zero-order valence-corrected chi connectivity index (χ0v) is 11.8. The summed E-state index contributed by atoms with van der Waals surface area (Å²) in [4.78, 5) is 11.8. The highest BCUT2D eigenvalue weighted by atomic mass is 16.5. The lowest BCUT2D eigenvalue weighted by molar-refractivity contribution is -0.160. The maximum Gasteiger partial charge on any atom is 0.309 e. The van der Waals surface area contributed by atoms with Gasteiger partial charge in [-0.25, -0.2) is 0 Å². The number of nitriles is 1. The molecule has 4 saturated carbocycles. The van der Waals surface area contributed by atoms with Gasteiger partial charge in [-0.1, -0.05) is 13.8 Å². The molecule has 4 aliphatic rings. The van der Waals surface area contributed by atoms with Crippen molar-refractivity contribution in [2.24, 2.45) is 35.5 Å². The van der Waals surface area contributed by atoms with Gasteiger partial charge >= 0.3 is 5.97 Å². The molecule has 0 spiro atoms. The molecule has 3 heteroatoms. The first-order chi connectivity index (χ1) is 9.08. The summed E-state index contributed by atoms with van der Waals surface area (Å²) in [6, 6.07) is 2.27. The predicted octanol–water partition coefficient (Wildman–Crippen LogP) is 3.15. The number of ether oxygens (including phenoxy) is 1. The number of esters is 1. The Kier molecular flexibility index (Phi) is 3.28. The van der Waals surface area contributed by atoms with Crippen LogP contribution in [0.5, 0.6) is 0 Å². The second kappa shape index (κ2) is 4.81. The summed E-state index contributed by atoms with van der Waals surface area (Å²) in [6.07, 6.45) is 5.93. The molecule has 0 aromatic heterocycles. The number of carbonyl (C=O) groups excluding carboxylic acids is 1. The van der Waals surface area contributed by atoms with Crippen molar-refractivity contribution >= 4 is 5.97 Å². The molecule has 3 nitrogen and oxygen atoms in total. The molecule has 0 radical (unpaired) electrons. The molecule has 0 heterocycles. The van der Waals surface area contributed by atoms with Crippen LogP contribution in [0.25, 0.3) is 0 Å². The predicted molar refractivity (Wildman–Crippen MR) is 70.9 cm³/mol. The molecule has 4 bridgehead atoms. The second-order valence-corrected chi connectivity index (χ2v) is 7.15. The third kappa shape index (κ3) is 2.26. The molecular formula is C16H23NO2. The molecule has 4 fully saturated rings. The van der Waals surface area contributed by atoms with Gasteiger partial charge in [-0.05, 0) is 55.8 Å². The van der Waals surface area contributed by atoms with Crippen LogP contribution in [0.2, 0.25) is 0 Å². The summed E-state index contributed by atoms with van der Waals surface area (Å²) in [5, 5.41) is 9.41. The quantitative estimate of drug-likeness (QED) is 0.733. The van der Waals surface area contributed by atoms with Gasteiger partial charge < -0.3 is 4.74 Å². The van der Waals surface area contributed by atoms with Crippen molar-refractivity contribution in [1.29, 1.82) is 5.26 Å². The van der Waals surface area contributed by atoms with Crippen LogP contribution in [-0.2, 0) is 9.53 Å². The number of rotatable bonds is 3. The first kappa shape index (κ1) is 13.0. The zero-order valence-electron chi connectivity index (χ0n) is 11.8. The summed E-state index contributed by atoms with van der Waals surface area (Å²) in [7, 11) is 0. The normalized spacial score (nSPS) is 41.1.